The molecule has 1 aliphatic rings. The van der Waals surface area contributed by atoms with E-state index in [4.69, 9.17) is 5.11 Å². The van der Waals surface area contributed by atoms with Gasteiger partial charge in [-0.3, -0.25) is 0 Å². The van der Waals surface area contributed by atoms with Crippen molar-refractivity contribution in [2.75, 3.05) is 33.3 Å². The molecule has 0 spiro atoms. The van der Waals surface area contributed by atoms with Crippen molar-refractivity contribution in [1.82, 2.24) is 10.2 Å². The molecule has 1 aromatic rings. The minimum atomic E-state index is -0.175. The molecule has 20 heavy (non-hydrogen) atoms. The molecule has 0 saturated carbocycles. The molecule has 2 N–H and O–H groups in total. The van der Waals surface area contributed by atoms with Crippen molar-refractivity contribution < 1.29 is 9.50 Å². The number of hydrogen-bond donors (Lipinski definition) is 2. The van der Waals surface area contributed by atoms with Crippen LogP contribution in [0.1, 0.15) is 30.9 Å². The van der Waals surface area contributed by atoms with Crippen LogP contribution in [0.2, 0.25) is 0 Å². The summed E-state index contributed by atoms with van der Waals surface area (Å²) < 4.78 is 13.3. The predicted octanol–water partition coefficient (Wildman–Crippen LogP) is 2.18. The minimum Gasteiger partial charge on any atom is -0.396 e. The lowest BCUT2D eigenvalue weighted by Crippen LogP contribution is -2.36. The van der Waals surface area contributed by atoms with Gasteiger partial charge in [0.25, 0.3) is 0 Å². The van der Waals surface area contributed by atoms with E-state index in [1.807, 2.05) is 13.1 Å². The van der Waals surface area contributed by atoms with Crippen molar-refractivity contribution >= 4 is 0 Å². The van der Waals surface area contributed by atoms with Crippen LogP contribution in [-0.4, -0.2) is 43.3 Å². The number of likely N-dealkylation sites (tertiary alicyclic amines) is 1. The third-order valence-electron chi connectivity index (χ3n) is 4.30. The zero-order valence-corrected chi connectivity index (χ0v) is 12.2. The number of halogens is 1. The van der Waals surface area contributed by atoms with Gasteiger partial charge in [-0.2, -0.15) is 0 Å². The fourth-order valence-electron chi connectivity index (χ4n) is 2.91. The fourth-order valence-corrected chi connectivity index (χ4v) is 2.91. The topological polar surface area (TPSA) is 35.5 Å². The Hall–Kier alpha value is -0.970. The Morgan fingerprint density at radius 1 is 1.40 bits per heavy atom. The van der Waals surface area contributed by atoms with Crippen molar-refractivity contribution in [3.8, 4) is 0 Å². The van der Waals surface area contributed by atoms with Crippen LogP contribution in [0, 0.1) is 11.7 Å². The Morgan fingerprint density at radius 3 is 2.75 bits per heavy atom. The van der Waals surface area contributed by atoms with Gasteiger partial charge in [0.15, 0.2) is 0 Å². The van der Waals surface area contributed by atoms with E-state index in [9.17, 15) is 4.39 Å². The van der Waals surface area contributed by atoms with Gasteiger partial charge in [0.05, 0.1) is 0 Å². The first-order chi connectivity index (χ1) is 9.72. The third-order valence-corrected chi connectivity index (χ3v) is 4.30. The van der Waals surface area contributed by atoms with Gasteiger partial charge in [-0.05, 0) is 69.6 Å². The van der Waals surface area contributed by atoms with Crippen LogP contribution in [-0.2, 0) is 0 Å². The summed E-state index contributed by atoms with van der Waals surface area (Å²) in [6.45, 7) is 3.45. The molecule has 1 aromatic carbocycles. The fraction of sp³-hybridized carbons (Fsp3) is 0.625. The summed E-state index contributed by atoms with van der Waals surface area (Å²) in [4.78, 5) is 2.44. The predicted molar refractivity (Wildman–Crippen MR) is 79.1 cm³/mol. The molecule has 1 atom stereocenters. The van der Waals surface area contributed by atoms with Gasteiger partial charge in [0.1, 0.15) is 5.82 Å². The largest absolute Gasteiger partial charge is 0.396 e. The molecule has 0 radical (unpaired) electrons. The standard InChI is InChI=1S/C16H25FN2O/c1-18-16(14-3-2-4-15(17)11-14)7-10-19-8-5-13(12-20)6-9-19/h2-4,11,13,16,18,20H,5-10,12H2,1H3. The molecule has 1 saturated heterocycles. The highest BCUT2D eigenvalue weighted by molar-refractivity contribution is 5.20. The highest BCUT2D eigenvalue weighted by Gasteiger charge is 2.19. The number of aliphatic hydroxyl groups excluding tert-OH is 1. The molecule has 4 heteroatoms. The maximum absolute atomic E-state index is 13.3. The van der Waals surface area contributed by atoms with Gasteiger partial charge >= 0.3 is 0 Å². The lowest BCUT2D eigenvalue weighted by Gasteiger charge is -2.32. The maximum Gasteiger partial charge on any atom is 0.123 e. The van der Waals surface area contributed by atoms with Gasteiger partial charge in [-0.25, -0.2) is 4.39 Å². The molecule has 1 aliphatic heterocycles. The van der Waals surface area contributed by atoms with Crippen LogP contribution >= 0.6 is 0 Å². The second-order valence-electron chi connectivity index (χ2n) is 5.65. The highest BCUT2D eigenvalue weighted by Crippen LogP contribution is 2.21. The lowest BCUT2D eigenvalue weighted by molar-refractivity contribution is 0.128. The number of nitrogens with zero attached hydrogens (tertiary/aromatic N) is 1. The second kappa shape index (κ2) is 7.72. The number of aliphatic hydroxyl groups is 1. The normalized spacial score (nSPS) is 19.1. The molecule has 3 nitrogen and oxygen atoms in total. The van der Waals surface area contributed by atoms with Crippen molar-refractivity contribution in [1.29, 1.82) is 0 Å². The number of hydrogen-bond acceptors (Lipinski definition) is 3. The molecule has 112 valence electrons. The number of benzene rings is 1. The van der Waals surface area contributed by atoms with Crippen LogP contribution in [0.4, 0.5) is 4.39 Å². The van der Waals surface area contributed by atoms with Gasteiger partial charge in [0, 0.05) is 12.6 Å². The van der Waals surface area contributed by atoms with Crippen LogP contribution < -0.4 is 5.32 Å². The van der Waals surface area contributed by atoms with E-state index in [1.54, 1.807) is 12.1 Å². The summed E-state index contributed by atoms with van der Waals surface area (Å²) in [5, 5.41) is 12.4. The van der Waals surface area contributed by atoms with E-state index in [-0.39, 0.29) is 11.9 Å². The molecule has 1 heterocycles. The van der Waals surface area contributed by atoms with Crippen LogP contribution in [0.3, 0.4) is 0 Å². The van der Waals surface area contributed by atoms with E-state index >= 15 is 0 Å². The van der Waals surface area contributed by atoms with Gasteiger partial charge in [-0.1, -0.05) is 12.1 Å². The van der Waals surface area contributed by atoms with Crippen molar-refractivity contribution in [2.24, 2.45) is 5.92 Å². The summed E-state index contributed by atoms with van der Waals surface area (Å²) in [6, 6.07) is 7.03. The van der Waals surface area contributed by atoms with E-state index in [1.165, 1.54) is 6.07 Å². The Balaban J connectivity index is 1.82. The molecule has 0 bridgehead atoms. The monoisotopic (exact) mass is 280 g/mol. The summed E-state index contributed by atoms with van der Waals surface area (Å²) in [6.07, 6.45) is 3.14. The molecule has 0 aromatic heterocycles. The first kappa shape index (κ1) is 15.4. The Kier molecular flexibility index (Phi) is 5.95. The van der Waals surface area contributed by atoms with Gasteiger partial charge < -0.3 is 15.3 Å². The van der Waals surface area contributed by atoms with Gasteiger partial charge in [-0.15, -0.1) is 0 Å². The minimum absolute atomic E-state index is 0.175. The van der Waals surface area contributed by atoms with Gasteiger partial charge in [0.2, 0.25) is 0 Å². The summed E-state index contributed by atoms with van der Waals surface area (Å²) in [7, 11) is 1.92. The zero-order valence-electron chi connectivity index (χ0n) is 12.2. The van der Waals surface area contributed by atoms with Crippen LogP contribution in [0.25, 0.3) is 0 Å². The first-order valence-corrected chi connectivity index (χ1v) is 7.49. The molecule has 2 rings (SSSR count). The number of nitrogens with one attached hydrogen (secondary N) is 1. The molecule has 0 amide bonds. The van der Waals surface area contributed by atoms with Crippen molar-refractivity contribution in [3.05, 3.63) is 35.6 Å². The summed E-state index contributed by atoms with van der Waals surface area (Å²) in [5.74, 6) is 0.307. The Morgan fingerprint density at radius 2 is 2.15 bits per heavy atom. The maximum atomic E-state index is 13.3. The zero-order chi connectivity index (χ0) is 14.4. The number of piperidine rings is 1. The van der Waals surface area contributed by atoms with Crippen molar-refractivity contribution in [2.45, 2.75) is 25.3 Å². The van der Waals surface area contributed by atoms with Crippen LogP contribution in [0.15, 0.2) is 24.3 Å². The number of rotatable bonds is 6. The van der Waals surface area contributed by atoms with E-state index in [0.29, 0.717) is 12.5 Å². The quantitative estimate of drug-likeness (QED) is 0.838. The summed E-state index contributed by atoms with van der Waals surface area (Å²) in [5.41, 5.74) is 1.01. The van der Waals surface area contributed by atoms with Crippen LogP contribution in [0.5, 0.6) is 0 Å². The molecule has 1 unspecified atom stereocenters. The molecule has 0 aliphatic carbocycles. The Labute approximate surface area is 120 Å². The molecular formula is C16H25FN2O. The average molecular weight is 280 g/mol. The Bertz CT molecular complexity index is 405. The first-order valence-electron chi connectivity index (χ1n) is 7.49. The summed E-state index contributed by atoms with van der Waals surface area (Å²) >= 11 is 0. The second-order valence-corrected chi connectivity index (χ2v) is 5.65. The molecule has 1 fully saturated rings. The van der Waals surface area contributed by atoms with E-state index < -0.39 is 0 Å². The van der Waals surface area contributed by atoms with E-state index in [0.717, 1.165) is 44.5 Å². The highest BCUT2D eigenvalue weighted by atomic mass is 19.1. The van der Waals surface area contributed by atoms with E-state index in [2.05, 4.69) is 10.2 Å². The lowest BCUT2D eigenvalue weighted by atomic mass is 9.97. The average Bonchev–Trinajstić information content (AvgIpc) is 2.48. The molecular weight excluding hydrogens is 255 g/mol. The smallest absolute Gasteiger partial charge is 0.123 e. The third kappa shape index (κ3) is 4.27. The SMILES string of the molecule is CNC(CCN1CCC(CO)CC1)c1cccc(F)c1. The van der Waals surface area contributed by atoms with Crippen molar-refractivity contribution in [3.63, 3.8) is 0 Å².